The van der Waals surface area contributed by atoms with Gasteiger partial charge in [0.05, 0.1) is 17.9 Å². The zero-order chi connectivity index (χ0) is 17.6. The number of carboxylic acids is 1. The zero-order valence-electron chi connectivity index (χ0n) is 13.8. The van der Waals surface area contributed by atoms with E-state index in [4.69, 9.17) is 9.84 Å². The Kier molecular flexibility index (Phi) is 6.99. The van der Waals surface area contributed by atoms with Crippen LogP contribution in [0.5, 0.6) is 0 Å². The fraction of sp³-hybridized carbons (Fsp3) is 0.533. The molecule has 1 atom stereocenters. The van der Waals surface area contributed by atoms with Gasteiger partial charge in [-0.05, 0) is 31.0 Å². The molecule has 0 heterocycles. The van der Waals surface area contributed by atoms with Crippen LogP contribution in [0.4, 0.5) is 5.69 Å². The molecule has 0 spiro atoms. The first-order valence-electron chi connectivity index (χ1n) is 7.30. The third kappa shape index (κ3) is 5.81. The molecule has 0 unspecified atom stereocenters. The van der Waals surface area contributed by atoms with Crippen LogP contribution in [0.25, 0.3) is 0 Å². The average Bonchev–Trinajstić information content (AvgIpc) is 2.45. The maximum Gasteiger partial charge on any atom is 0.335 e. The molecule has 0 aliphatic carbocycles. The van der Waals surface area contributed by atoms with E-state index >= 15 is 0 Å². The fourth-order valence-electron chi connectivity index (χ4n) is 1.91. The maximum atomic E-state index is 12.5. The van der Waals surface area contributed by atoms with Gasteiger partial charge in [-0.25, -0.2) is 17.9 Å². The molecule has 0 aliphatic rings. The highest BCUT2D eigenvalue weighted by Crippen LogP contribution is 2.24. The Morgan fingerprint density at radius 1 is 1.30 bits per heavy atom. The van der Waals surface area contributed by atoms with Gasteiger partial charge in [-0.3, -0.25) is 0 Å². The molecule has 0 saturated heterocycles. The van der Waals surface area contributed by atoms with Crippen molar-refractivity contribution in [3.8, 4) is 0 Å². The molecular formula is C15H24N2O5S. The number of ether oxygens (including phenoxy) is 1. The molecule has 0 amide bonds. The van der Waals surface area contributed by atoms with Gasteiger partial charge in [0.2, 0.25) is 10.0 Å². The third-order valence-corrected chi connectivity index (χ3v) is 4.48. The van der Waals surface area contributed by atoms with Crippen LogP contribution in [0.1, 0.15) is 31.1 Å². The summed E-state index contributed by atoms with van der Waals surface area (Å²) < 4.78 is 32.5. The molecule has 1 rings (SSSR count). The highest BCUT2D eigenvalue weighted by molar-refractivity contribution is 7.89. The summed E-state index contributed by atoms with van der Waals surface area (Å²) in [6, 6.07) is 3.85. The van der Waals surface area contributed by atoms with E-state index < -0.39 is 16.0 Å². The molecule has 0 radical (unpaired) electrons. The number of benzene rings is 1. The molecule has 7 nitrogen and oxygen atoms in total. The SMILES string of the molecule is COC[C@H](C)Nc1ccc(C(=O)O)cc1S(=O)(=O)NCC(C)C. The van der Waals surface area contributed by atoms with Crippen molar-refractivity contribution in [3.63, 3.8) is 0 Å². The molecule has 8 heteroatoms. The number of aromatic carboxylic acids is 1. The monoisotopic (exact) mass is 344 g/mol. The molecule has 0 bridgehead atoms. The summed E-state index contributed by atoms with van der Waals surface area (Å²) in [6.45, 7) is 6.27. The Hall–Kier alpha value is -1.64. The second-order valence-electron chi connectivity index (χ2n) is 5.76. The molecular weight excluding hydrogens is 320 g/mol. The second kappa shape index (κ2) is 8.28. The van der Waals surface area contributed by atoms with Crippen molar-refractivity contribution in [1.82, 2.24) is 4.72 Å². The number of hydrogen-bond donors (Lipinski definition) is 3. The summed E-state index contributed by atoms with van der Waals surface area (Å²) in [5, 5.41) is 12.1. The highest BCUT2D eigenvalue weighted by atomic mass is 32.2. The molecule has 0 saturated carbocycles. The summed E-state index contributed by atoms with van der Waals surface area (Å²) in [5.41, 5.74) is 0.260. The molecule has 1 aromatic carbocycles. The number of nitrogens with one attached hydrogen (secondary N) is 2. The molecule has 0 aliphatic heterocycles. The Morgan fingerprint density at radius 3 is 2.48 bits per heavy atom. The molecule has 130 valence electrons. The van der Waals surface area contributed by atoms with E-state index in [0.29, 0.717) is 12.3 Å². The van der Waals surface area contributed by atoms with Gasteiger partial charge in [-0.2, -0.15) is 0 Å². The van der Waals surface area contributed by atoms with E-state index in [1.165, 1.54) is 12.1 Å². The lowest BCUT2D eigenvalue weighted by Crippen LogP contribution is -2.29. The van der Waals surface area contributed by atoms with Gasteiger partial charge in [-0.1, -0.05) is 13.8 Å². The lowest BCUT2D eigenvalue weighted by atomic mass is 10.2. The van der Waals surface area contributed by atoms with Gasteiger partial charge in [0.15, 0.2) is 0 Å². The standard InChI is InChI=1S/C15H24N2O5S/c1-10(2)8-16-23(20,21)14-7-12(15(18)19)5-6-13(14)17-11(3)9-22-4/h5-7,10-11,16-17H,8-9H2,1-4H3,(H,18,19)/t11-/m0/s1. The minimum absolute atomic E-state index is 0.0824. The molecule has 1 aromatic rings. The van der Waals surface area contributed by atoms with Crippen molar-refractivity contribution in [1.29, 1.82) is 0 Å². The minimum Gasteiger partial charge on any atom is -0.478 e. The summed E-state index contributed by atoms with van der Waals surface area (Å²) >= 11 is 0. The van der Waals surface area contributed by atoms with Gasteiger partial charge in [0, 0.05) is 19.7 Å². The van der Waals surface area contributed by atoms with Crippen molar-refractivity contribution >= 4 is 21.7 Å². The number of hydrogen-bond acceptors (Lipinski definition) is 5. The molecule has 23 heavy (non-hydrogen) atoms. The zero-order valence-corrected chi connectivity index (χ0v) is 14.6. The predicted molar refractivity (Wildman–Crippen MR) is 88.4 cm³/mol. The summed E-state index contributed by atoms with van der Waals surface area (Å²) in [4.78, 5) is 11.0. The summed E-state index contributed by atoms with van der Waals surface area (Å²) in [6.07, 6.45) is 0. The second-order valence-corrected chi connectivity index (χ2v) is 7.50. The predicted octanol–water partition coefficient (Wildman–Crippen LogP) is 1.77. The number of methoxy groups -OCH3 is 1. The first-order valence-corrected chi connectivity index (χ1v) is 8.78. The van der Waals surface area contributed by atoms with Crippen molar-refractivity contribution in [2.45, 2.75) is 31.7 Å². The first kappa shape index (κ1) is 19.4. The summed E-state index contributed by atoms with van der Waals surface area (Å²) in [7, 11) is -2.27. The van der Waals surface area contributed by atoms with Gasteiger partial charge in [0.1, 0.15) is 4.90 Å². The van der Waals surface area contributed by atoms with Crippen LogP contribution in [0.2, 0.25) is 0 Å². The highest BCUT2D eigenvalue weighted by Gasteiger charge is 2.21. The fourth-order valence-corrected chi connectivity index (χ4v) is 3.32. The van der Waals surface area contributed by atoms with Crippen LogP contribution in [0.3, 0.4) is 0 Å². The van der Waals surface area contributed by atoms with Crippen LogP contribution in [-0.2, 0) is 14.8 Å². The largest absolute Gasteiger partial charge is 0.478 e. The summed E-state index contributed by atoms with van der Waals surface area (Å²) in [5.74, 6) is -1.04. The van der Waals surface area contributed by atoms with E-state index in [2.05, 4.69) is 10.0 Å². The topological polar surface area (TPSA) is 105 Å². The first-order chi connectivity index (χ1) is 10.7. The average molecular weight is 344 g/mol. The van der Waals surface area contributed by atoms with Crippen LogP contribution in [0, 0.1) is 5.92 Å². The molecule has 3 N–H and O–H groups in total. The lowest BCUT2D eigenvalue weighted by molar-refractivity contribution is 0.0696. The van der Waals surface area contributed by atoms with E-state index in [-0.39, 0.29) is 29.0 Å². The number of rotatable bonds is 9. The maximum absolute atomic E-state index is 12.5. The Balaban J connectivity index is 3.22. The van der Waals surface area contributed by atoms with E-state index in [9.17, 15) is 13.2 Å². The minimum atomic E-state index is -3.82. The van der Waals surface area contributed by atoms with Crippen molar-refractivity contribution in [2.24, 2.45) is 5.92 Å². The van der Waals surface area contributed by atoms with E-state index in [0.717, 1.165) is 6.07 Å². The van der Waals surface area contributed by atoms with Gasteiger partial charge in [-0.15, -0.1) is 0 Å². The number of sulfonamides is 1. The van der Waals surface area contributed by atoms with Crippen molar-refractivity contribution < 1.29 is 23.1 Å². The van der Waals surface area contributed by atoms with Crippen LogP contribution < -0.4 is 10.0 Å². The van der Waals surface area contributed by atoms with Crippen LogP contribution in [0.15, 0.2) is 23.1 Å². The Morgan fingerprint density at radius 2 is 1.96 bits per heavy atom. The van der Waals surface area contributed by atoms with Crippen LogP contribution in [-0.4, -0.2) is 45.8 Å². The van der Waals surface area contributed by atoms with Gasteiger partial charge < -0.3 is 15.2 Å². The number of carboxylic acid groups (broad SMARTS) is 1. The normalized spacial score (nSPS) is 13.1. The third-order valence-electron chi connectivity index (χ3n) is 3.02. The lowest BCUT2D eigenvalue weighted by Gasteiger charge is -2.18. The Bertz CT molecular complexity index is 643. The van der Waals surface area contributed by atoms with Gasteiger partial charge in [0.25, 0.3) is 0 Å². The van der Waals surface area contributed by atoms with E-state index in [1.54, 1.807) is 7.11 Å². The quantitative estimate of drug-likeness (QED) is 0.630. The number of carbonyl (C=O) groups is 1. The molecule has 0 aromatic heterocycles. The Labute approximate surface area is 137 Å². The number of anilines is 1. The van der Waals surface area contributed by atoms with Crippen molar-refractivity contribution in [3.05, 3.63) is 23.8 Å². The molecule has 0 fully saturated rings. The van der Waals surface area contributed by atoms with Crippen LogP contribution >= 0.6 is 0 Å². The van der Waals surface area contributed by atoms with E-state index in [1.807, 2.05) is 20.8 Å². The smallest absolute Gasteiger partial charge is 0.335 e. The van der Waals surface area contributed by atoms with Gasteiger partial charge >= 0.3 is 5.97 Å². The van der Waals surface area contributed by atoms with Crippen molar-refractivity contribution in [2.75, 3.05) is 25.6 Å².